The van der Waals surface area contributed by atoms with E-state index in [1.807, 2.05) is 0 Å². The minimum atomic E-state index is -2.02. The molecule has 0 aliphatic heterocycles. The van der Waals surface area contributed by atoms with Crippen molar-refractivity contribution in [3.05, 3.63) is 0 Å². The zero-order valence-electron chi connectivity index (χ0n) is 7.00. The predicted molar refractivity (Wildman–Crippen MR) is 44.5 cm³/mol. The summed E-state index contributed by atoms with van der Waals surface area (Å²) in [5.41, 5.74) is -2.02. The van der Waals surface area contributed by atoms with Crippen LogP contribution in [0, 0.1) is 0 Å². The van der Waals surface area contributed by atoms with Crippen molar-refractivity contribution in [2.45, 2.75) is 29.5 Å². The Hall–Kier alpha value is -1.18. The maximum absolute atomic E-state index is 12.8. The van der Waals surface area contributed by atoms with Crippen molar-refractivity contribution >= 4 is 17.7 Å². The molecule has 76 valence electrons. The van der Waals surface area contributed by atoms with Crippen molar-refractivity contribution in [1.82, 2.24) is 20.2 Å². The van der Waals surface area contributed by atoms with Crippen LogP contribution in [0.15, 0.2) is 5.16 Å². The van der Waals surface area contributed by atoms with Crippen molar-refractivity contribution in [1.29, 1.82) is 0 Å². The first-order chi connectivity index (χ1) is 6.68. The van der Waals surface area contributed by atoms with Gasteiger partial charge in [-0.05, 0) is 35.0 Å². The normalized spacial score (nSPS) is 18.1. The number of aliphatic carboxylic acids is 1. The second-order valence-corrected chi connectivity index (χ2v) is 3.92. The molecule has 1 aliphatic carbocycles. The molecule has 14 heavy (non-hydrogen) atoms. The number of carboxylic acids is 1. The number of carbonyl (C=O) groups is 1. The first-order valence-corrected chi connectivity index (χ1v) is 4.88. The molecule has 0 aromatic carbocycles. The van der Waals surface area contributed by atoms with Crippen molar-refractivity contribution < 1.29 is 14.3 Å². The van der Waals surface area contributed by atoms with Gasteiger partial charge >= 0.3 is 5.97 Å². The number of rotatable bonds is 4. The van der Waals surface area contributed by atoms with E-state index in [-0.39, 0.29) is 11.2 Å². The number of aromatic nitrogens is 4. The summed E-state index contributed by atoms with van der Waals surface area (Å²) in [5, 5.41) is 19.2. The van der Waals surface area contributed by atoms with Gasteiger partial charge in [0, 0.05) is 0 Å². The van der Waals surface area contributed by atoms with E-state index in [1.165, 1.54) is 4.68 Å². The summed E-state index contributed by atoms with van der Waals surface area (Å²) < 4.78 is 14.3. The van der Waals surface area contributed by atoms with Gasteiger partial charge in [0.25, 0.3) is 0 Å². The van der Waals surface area contributed by atoms with Crippen LogP contribution in [0.3, 0.4) is 0 Å². The smallest absolute Gasteiger partial charge is 0.349 e. The highest BCUT2D eigenvalue weighted by Gasteiger charge is 2.30. The van der Waals surface area contributed by atoms with Gasteiger partial charge in [-0.1, -0.05) is 0 Å². The fourth-order valence-electron chi connectivity index (χ4n) is 0.954. The molecule has 1 aromatic rings. The summed E-state index contributed by atoms with van der Waals surface area (Å²) in [6, 6.07) is 0.216. The lowest BCUT2D eigenvalue weighted by Crippen LogP contribution is -2.11. The number of hydrogen-bond acceptors (Lipinski definition) is 5. The standard InChI is InChI=1S/C6H7FN4O2S/c7-4(5(12)13)14-6-8-9-10-11(6)3-1-2-3/h3-4H,1-2H2,(H,12,13). The second kappa shape index (κ2) is 3.52. The van der Waals surface area contributed by atoms with Crippen LogP contribution >= 0.6 is 11.8 Å². The Morgan fingerprint density at radius 2 is 2.43 bits per heavy atom. The number of thioether (sulfide) groups is 1. The number of hydrogen-bond donors (Lipinski definition) is 1. The van der Waals surface area contributed by atoms with E-state index in [0.29, 0.717) is 11.8 Å². The molecular weight excluding hydrogens is 211 g/mol. The number of halogens is 1. The summed E-state index contributed by atoms with van der Waals surface area (Å²) in [7, 11) is 0. The van der Waals surface area contributed by atoms with Gasteiger partial charge in [0.2, 0.25) is 10.7 Å². The highest BCUT2D eigenvalue weighted by atomic mass is 32.2. The van der Waals surface area contributed by atoms with Crippen LogP contribution in [0.2, 0.25) is 0 Å². The van der Waals surface area contributed by atoms with Crippen molar-refractivity contribution in [2.24, 2.45) is 0 Å². The first-order valence-electron chi connectivity index (χ1n) is 4.00. The average molecular weight is 218 g/mol. The Morgan fingerprint density at radius 1 is 1.71 bits per heavy atom. The molecule has 8 heteroatoms. The van der Waals surface area contributed by atoms with Gasteiger partial charge in [0.05, 0.1) is 6.04 Å². The molecule has 1 fully saturated rings. The van der Waals surface area contributed by atoms with Gasteiger partial charge in [0.1, 0.15) is 0 Å². The summed E-state index contributed by atoms with van der Waals surface area (Å²) >= 11 is 0.514. The van der Waals surface area contributed by atoms with Crippen LogP contribution in [0.1, 0.15) is 18.9 Å². The van der Waals surface area contributed by atoms with Crippen molar-refractivity contribution in [3.8, 4) is 0 Å². The Labute approximate surface area is 82.5 Å². The molecule has 1 atom stereocenters. The van der Waals surface area contributed by atoms with E-state index in [4.69, 9.17) is 5.11 Å². The molecule has 1 unspecified atom stereocenters. The number of tetrazole rings is 1. The molecule has 0 radical (unpaired) electrons. The minimum absolute atomic E-state index is 0.216. The van der Waals surface area contributed by atoms with E-state index >= 15 is 0 Å². The molecule has 0 amide bonds. The molecule has 1 aliphatic rings. The molecule has 0 bridgehead atoms. The number of nitrogens with zero attached hydrogens (tertiary/aromatic N) is 4. The largest absolute Gasteiger partial charge is 0.478 e. The van der Waals surface area contributed by atoms with Gasteiger partial charge in [-0.25, -0.2) is 13.9 Å². The molecule has 1 heterocycles. The topological polar surface area (TPSA) is 80.9 Å². The SMILES string of the molecule is O=C(O)C(F)Sc1nnnn1C1CC1. The molecule has 0 saturated heterocycles. The number of alkyl halides is 1. The van der Waals surface area contributed by atoms with Crippen molar-refractivity contribution in [2.75, 3.05) is 0 Å². The Bertz CT molecular complexity index is 353. The fraction of sp³-hybridized carbons (Fsp3) is 0.667. The highest BCUT2D eigenvalue weighted by molar-refractivity contribution is 8.00. The van der Waals surface area contributed by atoms with E-state index in [0.717, 1.165) is 12.8 Å². The predicted octanol–water partition coefficient (Wildman–Crippen LogP) is 0.480. The number of carboxylic acid groups (broad SMARTS) is 1. The zero-order chi connectivity index (χ0) is 10.1. The van der Waals surface area contributed by atoms with Gasteiger partial charge in [0.15, 0.2) is 0 Å². The lowest BCUT2D eigenvalue weighted by atomic mass is 10.7. The van der Waals surface area contributed by atoms with Crippen LogP contribution in [0.4, 0.5) is 4.39 Å². The zero-order valence-corrected chi connectivity index (χ0v) is 7.82. The lowest BCUT2D eigenvalue weighted by Gasteiger charge is -2.02. The Kier molecular flexibility index (Phi) is 2.36. The third kappa shape index (κ3) is 1.84. The Balaban J connectivity index is 2.08. The lowest BCUT2D eigenvalue weighted by molar-refractivity contribution is -0.139. The maximum atomic E-state index is 12.8. The van der Waals surface area contributed by atoms with Crippen molar-refractivity contribution in [3.63, 3.8) is 0 Å². The summed E-state index contributed by atoms with van der Waals surface area (Å²) in [6.07, 6.45) is 1.92. The molecule has 1 saturated carbocycles. The van der Waals surface area contributed by atoms with Crippen LogP contribution in [-0.2, 0) is 4.79 Å². The van der Waals surface area contributed by atoms with Gasteiger partial charge < -0.3 is 5.11 Å². The van der Waals surface area contributed by atoms with Crippen LogP contribution in [0.25, 0.3) is 0 Å². The monoisotopic (exact) mass is 218 g/mol. The molecule has 2 rings (SSSR count). The average Bonchev–Trinajstić information content (AvgIpc) is 2.88. The van der Waals surface area contributed by atoms with E-state index in [2.05, 4.69) is 15.5 Å². The summed E-state index contributed by atoms with van der Waals surface area (Å²) in [6.45, 7) is 0. The quantitative estimate of drug-likeness (QED) is 0.740. The van der Waals surface area contributed by atoms with Gasteiger partial charge in [-0.3, -0.25) is 0 Å². The third-order valence-corrected chi connectivity index (χ3v) is 2.65. The van der Waals surface area contributed by atoms with E-state index in [9.17, 15) is 9.18 Å². The fourth-order valence-corrected chi connectivity index (χ4v) is 1.62. The van der Waals surface area contributed by atoms with E-state index < -0.39 is 11.5 Å². The third-order valence-electron chi connectivity index (χ3n) is 1.76. The van der Waals surface area contributed by atoms with Gasteiger partial charge in [-0.2, -0.15) is 0 Å². The van der Waals surface area contributed by atoms with Crippen LogP contribution in [0.5, 0.6) is 0 Å². The summed E-state index contributed by atoms with van der Waals surface area (Å²) in [4.78, 5) is 10.2. The molecule has 0 spiro atoms. The van der Waals surface area contributed by atoms with E-state index in [1.54, 1.807) is 0 Å². The van der Waals surface area contributed by atoms with Crippen LogP contribution in [-0.4, -0.2) is 36.8 Å². The Morgan fingerprint density at radius 3 is 3.00 bits per heavy atom. The molecular formula is C6H7FN4O2S. The molecule has 1 N–H and O–H groups in total. The van der Waals surface area contributed by atoms with Crippen LogP contribution < -0.4 is 0 Å². The molecule has 1 aromatic heterocycles. The first kappa shape index (κ1) is 9.38. The van der Waals surface area contributed by atoms with Gasteiger partial charge in [-0.15, -0.1) is 5.10 Å². The molecule has 6 nitrogen and oxygen atoms in total. The summed E-state index contributed by atoms with van der Waals surface area (Å²) in [5.74, 6) is -1.51. The second-order valence-electron chi connectivity index (χ2n) is 2.91. The maximum Gasteiger partial charge on any atom is 0.349 e. The highest BCUT2D eigenvalue weighted by Crippen LogP contribution is 2.37. The minimum Gasteiger partial charge on any atom is -0.478 e.